The molecular formula is C23H29BrN2. The highest BCUT2D eigenvalue weighted by Gasteiger charge is 2.36. The summed E-state index contributed by atoms with van der Waals surface area (Å²) in [6, 6.07) is 12.8. The molecule has 0 spiro atoms. The standard InChI is InChI=1S/C23H29BrN2/c1-6-10-26-22-11-16(2)18(12-21(22)17(3)14-23(26,4)5)15-25-20-9-7-8-19(24)13-20/h7-9,11-13,15,17H,6,10,14H2,1-5H3. The second kappa shape index (κ2) is 7.56. The van der Waals surface area contributed by atoms with Gasteiger partial charge in [0.25, 0.3) is 0 Å². The molecule has 0 N–H and O–H groups in total. The Balaban J connectivity index is 2.00. The lowest BCUT2D eigenvalue weighted by atomic mass is 9.79. The van der Waals surface area contributed by atoms with Gasteiger partial charge in [-0.15, -0.1) is 0 Å². The van der Waals surface area contributed by atoms with Crippen LogP contribution in [0.25, 0.3) is 0 Å². The van der Waals surface area contributed by atoms with Crippen LogP contribution in [0.4, 0.5) is 11.4 Å². The van der Waals surface area contributed by atoms with E-state index in [4.69, 9.17) is 0 Å². The van der Waals surface area contributed by atoms with Gasteiger partial charge < -0.3 is 4.90 Å². The van der Waals surface area contributed by atoms with Crippen molar-refractivity contribution >= 4 is 33.5 Å². The van der Waals surface area contributed by atoms with Crippen LogP contribution in [0, 0.1) is 6.92 Å². The van der Waals surface area contributed by atoms with Crippen LogP contribution in [-0.4, -0.2) is 18.3 Å². The molecule has 138 valence electrons. The average molecular weight is 413 g/mol. The van der Waals surface area contributed by atoms with Gasteiger partial charge in [-0.1, -0.05) is 35.8 Å². The van der Waals surface area contributed by atoms with Crippen LogP contribution >= 0.6 is 15.9 Å². The number of hydrogen-bond acceptors (Lipinski definition) is 2. The van der Waals surface area contributed by atoms with E-state index in [1.165, 1.54) is 35.2 Å². The Kier molecular flexibility index (Phi) is 5.57. The molecule has 1 heterocycles. The van der Waals surface area contributed by atoms with E-state index >= 15 is 0 Å². The average Bonchev–Trinajstić information content (AvgIpc) is 2.57. The predicted molar refractivity (Wildman–Crippen MR) is 117 cm³/mol. The summed E-state index contributed by atoms with van der Waals surface area (Å²) >= 11 is 3.51. The maximum atomic E-state index is 4.69. The highest BCUT2D eigenvalue weighted by molar-refractivity contribution is 9.10. The number of hydrogen-bond donors (Lipinski definition) is 0. The molecule has 0 saturated carbocycles. The van der Waals surface area contributed by atoms with Gasteiger partial charge >= 0.3 is 0 Å². The number of benzene rings is 2. The fraction of sp³-hybridized carbons (Fsp3) is 0.435. The number of halogens is 1. The summed E-state index contributed by atoms with van der Waals surface area (Å²) in [5, 5.41) is 0. The van der Waals surface area contributed by atoms with E-state index in [0.29, 0.717) is 5.92 Å². The Morgan fingerprint density at radius 3 is 2.73 bits per heavy atom. The molecule has 3 heteroatoms. The van der Waals surface area contributed by atoms with Crippen molar-refractivity contribution < 1.29 is 0 Å². The van der Waals surface area contributed by atoms with Crippen molar-refractivity contribution in [2.45, 2.75) is 58.9 Å². The summed E-state index contributed by atoms with van der Waals surface area (Å²) in [5.74, 6) is 0.562. The lowest BCUT2D eigenvalue weighted by molar-refractivity contribution is 0.376. The van der Waals surface area contributed by atoms with E-state index in [2.05, 4.69) is 72.6 Å². The minimum absolute atomic E-state index is 0.209. The first-order valence-corrected chi connectivity index (χ1v) is 10.3. The zero-order valence-electron chi connectivity index (χ0n) is 16.5. The van der Waals surface area contributed by atoms with Gasteiger partial charge in [0.1, 0.15) is 0 Å². The molecule has 0 saturated heterocycles. The Morgan fingerprint density at radius 1 is 1.27 bits per heavy atom. The van der Waals surface area contributed by atoms with E-state index in [1.807, 2.05) is 30.5 Å². The van der Waals surface area contributed by atoms with Crippen LogP contribution in [0.1, 0.15) is 63.1 Å². The van der Waals surface area contributed by atoms with Gasteiger partial charge in [-0.2, -0.15) is 0 Å². The molecule has 1 aliphatic heterocycles. The van der Waals surface area contributed by atoms with E-state index in [0.717, 1.165) is 16.7 Å². The quantitative estimate of drug-likeness (QED) is 0.492. The Hall–Kier alpha value is -1.61. The lowest BCUT2D eigenvalue weighted by Crippen LogP contribution is -2.48. The first-order valence-electron chi connectivity index (χ1n) is 9.53. The molecule has 2 aromatic carbocycles. The molecule has 0 aromatic heterocycles. The first-order chi connectivity index (χ1) is 12.3. The Labute approximate surface area is 166 Å². The highest BCUT2D eigenvalue weighted by Crippen LogP contribution is 2.44. The van der Waals surface area contributed by atoms with E-state index < -0.39 is 0 Å². The molecule has 0 aliphatic carbocycles. The SMILES string of the molecule is CCCN1c2cc(C)c(C=Nc3cccc(Br)c3)cc2C(C)CC1(C)C. The molecule has 0 radical (unpaired) electrons. The number of anilines is 1. The van der Waals surface area contributed by atoms with Crippen molar-refractivity contribution in [3.63, 3.8) is 0 Å². The Bertz CT molecular complexity index is 823. The van der Waals surface area contributed by atoms with Gasteiger partial charge in [0.2, 0.25) is 0 Å². The maximum Gasteiger partial charge on any atom is 0.0641 e. The highest BCUT2D eigenvalue weighted by atomic mass is 79.9. The van der Waals surface area contributed by atoms with E-state index in [1.54, 1.807) is 0 Å². The predicted octanol–water partition coefficient (Wildman–Crippen LogP) is 7.01. The monoisotopic (exact) mass is 412 g/mol. The van der Waals surface area contributed by atoms with Crippen LogP contribution in [0.5, 0.6) is 0 Å². The van der Waals surface area contributed by atoms with Crippen LogP contribution in [0.2, 0.25) is 0 Å². The van der Waals surface area contributed by atoms with Gasteiger partial charge in [0, 0.05) is 28.5 Å². The molecule has 0 bridgehead atoms. The molecule has 26 heavy (non-hydrogen) atoms. The zero-order chi connectivity index (χ0) is 18.9. The molecular weight excluding hydrogens is 384 g/mol. The third kappa shape index (κ3) is 3.88. The number of nitrogens with zero attached hydrogens (tertiary/aromatic N) is 2. The zero-order valence-corrected chi connectivity index (χ0v) is 18.1. The fourth-order valence-electron chi connectivity index (χ4n) is 4.14. The maximum absolute atomic E-state index is 4.69. The van der Waals surface area contributed by atoms with Gasteiger partial charge in [0.05, 0.1) is 5.69 Å². The van der Waals surface area contributed by atoms with E-state index in [-0.39, 0.29) is 5.54 Å². The first kappa shape index (κ1) is 19.2. The Morgan fingerprint density at radius 2 is 2.04 bits per heavy atom. The third-order valence-electron chi connectivity index (χ3n) is 5.38. The number of aryl methyl sites for hydroxylation is 1. The van der Waals surface area contributed by atoms with Gasteiger partial charge in [-0.25, -0.2) is 0 Å². The van der Waals surface area contributed by atoms with Gasteiger partial charge in [-0.3, -0.25) is 4.99 Å². The van der Waals surface area contributed by atoms with Crippen molar-refractivity contribution in [3.05, 3.63) is 57.6 Å². The summed E-state index contributed by atoms with van der Waals surface area (Å²) in [7, 11) is 0. The van der Waals surface area contributed by atoms with Crippen LogP contribution < -0.4 is 4.90 Å². The van der Waals surface area contributed by atoms with Gasteiger partial charge in [0.15, 0.2) is 0 Å². The summed E-state index contributed by atoms with van der Waals surface area (Å²) in [5.41, 5.74) is 6.55. The molecule has 2 nitrogen and oxygen atoms in total. The third-order valence-corrected chi connectivity index (χ3v) is 5.87. The van der Waals surface area contributed by atoms with Crippen molar-refractivity contribution in [3.8, 4) is 0 Å². The summed E-state index contributed by atoms with van der Waals surface area (Å²) in [4.78, 5) is 7.29. The summed E-state index contributed by atoms with van der Waals surface area (Å²) in [6.45, 7) is 12.7. The van der Waals surface area contributed by atoms with Crippen LogP contribution in [0.3, 0.4) is 0 Å². The number of fused-ring (bicyclic) bond motifs is 1. The largest absolute Gasteiger partial charge is 0.366 e. The lowest BCUT2D eigenvalue weighted by Gasteiger charge is -2.48. The second-order valence-electron chi connectivity index (χ2n) is 8.07. The fourth-order valence-corrected chi connectivity index (χ4v) is 4.52. The van der Waals surface area contributed by atoms with E-state index in [9.17, 15) is 0 Å². The molecule has 1 aliphatic rings. The van der Waals surface area contributed by atoms with Crippen LogP contribution in [-0.2, 0) is 0 Å². The number of aliphatic imine (C=N–C) groups is 1. The summed E-state index contributed by atoms with van der Waals surface area (Å²) < 4.78 is 1.06. The normalized spacial score (nSPS) is 19.0. The van der Waals surface area contributed by atoms with Crippen LogP contribution in [0.15, 0.2) is 45.9 Å². The molecule has 2 aromatic rings. The number of rotatable bonds is 4. The topological polar surface area (TPSA) is 15.6 Å². The minimum atomic E-state index is 0.209. The van der Waals surface area contributed by atoms with Crippen molar-refractivity contribution in [1.82, 2.24) is 0 Å². The van der Waals surface area contributed by atoms with Crippen molar-refractivity contribution in [1.29, 1.82) is 0 Å². The van der Waals surface area contributed by atoms with Crippen molar-refractivity contribution in [2.75, 3.05) is 11.4 Å². The molecule has 0 fully saturated rings. The second-order valence-corrected chi connectivity index (χ2v) is 8.99. The molecule has 0 amide bonds. The van der Waals surface area contributed by atoms with Gasteiger partial charge in [-0.05, 0) is 86.6 Å². The molecule has 3 rings (SSSR count). The summed E-state index contributed by atoms with van der Waals surface area (Å²) in [6.07, 6.45) is 4.36. The molecule has 1 unspecified atom stereocenters. The van der Waals surface area contributed by atoms with Crippen molar-refractivity contribution in [2.24, 2.45) is 4.99 Å². The smallest absolute Gasteiger partial charge is 0.0641 e. The molecule has 1 atom stereocenters. The minimum Gasteiger partial charge on any atom is -0.366 e.